The summed E-state index contributed by atoms with van der Waals surface area (Å²) in [6.07, 6.45) is 4.26. The summed E-state index contributed by atoms with van der Waals surface area (Å²) in [6, 6.07) is 19.3. The van der Waals surface area contributed by atoms with Gasteiger partial charge in [0.1, 0.15) is 11.4 Å². The largest absolute Gasteiger partial charge is 0.477 e. The zero-order chi connectivity index (χ0) is 25.2. The molecule has 0 spiro atoms. The maximum atomic E-state index is 14.9. The minimum atomic E-state index is -1.27. The summed E-state index contributed by atoms with van der Waals surface area (Å²) in [6.45, 7) is 0.616. The molecule has 1 atom stereocenters. The monoisotopic (exact) mass is 484 g/mol. The molecule has 2 N–H and O–H groups in total. The molecule has 7 heteroatoms. The van der Waals surface area contributed by atoms with Gasteiger partial charge in [0.05, 0.1) is 0 Å². The number of hydrogen-bond donors (Lipinski definition) is 2. The molecule has 5 rings (SSSR count). The molecule has 1 unspecified atom stereocenters. The van der Waals surface area contributed by atoms with E-state index >= 15 is 0 Å². The van der Waals surface area contributed by atoms with Gasteiger partial charge in [0, 0.05) is 40.8 Å². The highest BCUT2D eigenvalue weighted by Crippen LogP contribution is 2.27. The summed E-state index contributed by atoms with van der Waals surface area (Å²) in [5.74, 6) is -1.88. The minimum absolute atomic E-state index is 0.00805. The summed E-state index contributed by atoms with van der Waals surface area (Å²) in [7, 11) is 0. The Kier molecular flexibility index (Phi) is 6.38. The van der Waals surface area contributed by atoms with Gasteiger partial charge in [-0.1, -0.05) is 42.5 Å². The summed E-state index contributed by atoms with van der Waals surface area (Å²) in [5.41, 5.74) is 2.22. The fraction of sp³-hybridized carbons (Fsp3) is 0.207. The number of aromatic amines is 1. The van der Waals surface area contributed by atoms with Crippen LogP contribution in [0.5, 0.6) is 0 Å². The highest BCUT2D eigenvalue weighted by molar-refractivity contribution is 5.95. The third kappa shape index (κ3) is 4.52. The second-order valence-corrected chi connectivity index (χ2v) is 9.11. The lowest BCUT2D eigenvalue weighted by Crippen LogP contribution is -2.35. The van der Waals surface area contributed by atoms with E-state index in [0.29, 0.717) is 41.4 Å². The topological polar surface area (TPSA) is 90.5 Å². The number of fused-ring (bicyclic) bond motifs is 1. The van der Waals surface area contributed by atoms with Crippen molar-refractivity contribution < 1.29 is 19.1 Å². The number of rotatable bonds is 6. The van der Waals surface area contributed by atoms with E-state index in [4.69, 9.17) is 0 Å². The van der Waals surface area contributed by atoms with Gasteiger partial charge < -0.3 is 15.0 Å². The Labute approximate surface area is 207 Å². The second kappa shape index (κ2) is 9.77. The smallest absolute Gasteiger partial charge is 0.341 e. The molecule has 4 aromatic rings. The van der Waals surface area contributed by atoms with Gasteiger partial charge in [-0.15, -0.1) is 0 Å². The zero-order valence-corrected chi connectivity index (χ0v) is 19.5. The van der Waals surface area contributed by atoms with Crippen LogP contribution in [0.2, 0.25) is 0 Å². The number of carboxylic acid groups (broad SMARTS) is 1. The van der Waals surface area contributed by atoms with Crippen molar-refractivity contribution in [2.24, 2.45) is 0 Å². The van der Waals surface area contributed by atoms with Crippen LogP contribution in [0.1, 0.15) is 45.5 Å². The molecule has 1 aromatic heterocycles. The first kappa shape index (κ1) is 23.5. The van der Waals surface area contributed by atoms with Crippen LogP contribution < -0.4 is 5.43 Å². The fourth-order valence-corrected chi connectivity index (χ4v) is 4.98. The molecule has 6 nitrogen and oxygen atoms in total. The first-order valence-corrected chi connectivity index (χ1v) is 12.0. The van der Waals surface area contributed by atoms with Gasteiger partial charge in [0.15, 0.2) is 0 Å². The second-order valence-electron chi connectivity index (χ2n) is 9.11. The molecule has 1 aliphatic heterocycles. The van der Waals surface area contributed by atoms with Crippen molar-refractivity contribution in [1.82, 2.24) is 9.88 Å². The molecule has 0 bridgehead atoms. The van der Waals surface area contributed by atoms with Crippen molar-refractivity contribution in [2.75, 3.05) is 6.54 Å². The number of aryl methyl sites for hydroxylation is 1. The molecule has 0 aliphatic carbocycles. The Morgan fingerprint density at radius 3 is 2.61 bits per heavy atom. The van der Waals surface area contributed by atoms with Crippen molar-refractivity contribution >= 4 is 22.8 Å². The van der Waals surface area contributed by atoms with Crippen molar-refractivity contribution in [3.8, 4) is 11.1 Å². The van der Waals surface area contributed by atoms with E-state index in [1.807, 2.05) is 41.3 Å². The van der Waals surface area contributed by atoms with E-state index in [1.54, 1.807) is 24.3 Å². The summed E-state index contributed by atoms with van der Waals surface area (Å²) < 4.78 is 14.9. The molecule has 0 radical (unpaired) electrons. The Morgan fingerprint density at radius 2 is 1.86 bits per heavy atom. The average Bonchev–Trinajstić information content (AvgIpc) is 3.36. The predicted octanol–water partition coefficient (Wildman–Crippen LogP) is 5.27. The Bertz CT molecular complexity index is 1510. The van der Waals surface area contributed by atoms with Crippen LogP contribution in [0.3, 0.4) is 0 Å². The minimum Gasteiger partial charge on any atom is -0.477 e. The predicted molar refractivity (Wildman–Crippen MR) is 136 cm³/mol. The van der Waals surface area contributed by atoms with Crippen molar-refractivity contribution in [1.29, 1.82) is 0 Å². The van der Waals surface area contributed by atoms with Crippen LogP contribution in [-0.4, -0.2) is 39.5 Å². The molecule has 182 valence electrons. The van der Waals surface area contributed by atoms with Crippen LogP contribution in [-0.2, 0) is 6.42 Å². The van der Waals surface area contributed by atoms with Gasteiger partial charge >= 0.3 is 5.97 Å². The van der Waals surface area contributed by atoms with Gasteiger partial charge in [0.2, 0.25) is 5.43 Å². The maximum Gasteiger partial charge on any atom is 0.341 e. The highest BCUT2D eigenvalue weighted by atomic mass is 19.1. The summed E-state index contributed by atoms with van der Waals surface area (Å²) in [5, 5.41) is 9.56. The van der Waals surface area contributed by atoms with Gasteiger partial charge in [-0.05, 0) is 61.1 Å². The lowest BCUT2D eigenvalue weighted by molar-refractivity contribution is 0.0693. The van der Waals surface area contributed by atoms with Crippen molar-refractivity contribution in [2.45, 2.75) is 31.7 Å². The maximum absolute atomic E-state index is 14.9. The van der Waals surface area contributed by atoms with Crippen LogP contribution >= 0.6 is 0 Å². The van der Waals surface area contributed by atoms with E-state index in [-0.39, 0.29) is 17.5 Å². The summed E-state index contributed by atoms with van der Waals surface area (Å²) >= 11 is 0. The van der Waals surface area contributed by atoms with Crippen LogP contribution in [0.4, 0.5) is 4.39 Å². The molecule has 2 heterocycles. The molecule has 1 fully saturated rings. The standard InChI is InChI=1S/C29H25FN2O4/c30-25-16-20(10-12-22(25)19-5-2-1-3-6-19)28(34)32-14-4-7-21(32)11-8-18-9-13-26-23(15-18)27(33)24(17-31-26)29(35)36/h1-3,5-6,9-10,12-13,15-17,21H,4,7-8,11,14H2,(H,31,33)(H,35,36). The lowest BCUT2D eigenvalue weighted by atomic mass is 10.00. The van der Waals surface area contributed by atoms with E-state index in [2.05, 4.69) is 4.98 Å². The fourth-order valence-electron chi connectivity index (χ4n) is 4.98. The molecule has 3 aromatic carbocycles. The number of aromatic carboxylic acids is 1. The van der Waals surface area contributed by atoms with E-state index in [0.717, 1.165) is 24.0 Å². The molecule has 36 heavy (non-hydrogen) atoms. The molecule has 0 saturated carbocycles. The quantitative estimate of drug-likeness (QED) is 0.390. The number of halogens is 1. The Hall–Kier alpha value is -4.26. The molecular formula is C29H25FN2O4. The zero-order valence-electron chi connectivity index (χ0n) is 19.5. The molecular weight excluding hydrogens is 459 g/mol. The number of carboxylic acids is 1. The number of nitrogens with zero attached hydrogens (tertiary/aromatic N) is 1. The van der Waals surface area contributed by atoms with Crippen molar-refractivity contribution in [3.05, 3.63) is 106 Å². The third-order valence-electron chi connectivity index (χ3n) is 6.88. The number of pyridine rings is 1. The van der Waals surface area contributed by atoms with Gasteiger partial charge in [-0.3, -0.25) is 9.59 Å². The van der Waals surface area contributed by atoms with Gasteiger partial charge in [-0.25, -0.2) is 9.18 Å². The van der Waals surface area contributed by atoms with Gasteiger partial charge in [-0.2, -0.15) is 0 Å². The number of carbonyl (C=O) groups excluding carboxylic acids is 1. The number of hydrogen-bond acceptors (Lipinski definition) is 3. The average molecular weight is 485 g/mol. The lowest BCUT2D eigenvalue weighted by Gasteiger charge is -2.25. The Morgan fingerprint density at radius 1 is 1.06 bits per heavy atom. The third-order valence-corrected chi connectivity index (χ3v) is 6.88. The highest BCUT2D eigenvalue weighted by Gasteiger charge is 2.29. The van der Waals surface area contributed by atoms with Crippen LogP contribution in [0.15, 0.2) is 77.7 Å². The van der Waals surface area contributed by atoms with Crippen LogP contribution in [0.25, 0.3) is 22.0 Å². The Balaban J connectivity index is 1.31. The normalized spacial score (nSPS) is 15.4. The van der Waals surface area contributed by atoms with E-state index in [9.17, 15) is 23.9 Å². The number of H-pyrrole nitrogens is 1. The van der Waals surface area contributed by atoms with E-state index in [1.165, 1.54) is 12.3 Å². The number of nitrogens with one attached hydrogen (secondary N) is 1. The summed E-state index contributed by atoms with van der Waals surface area (Å²) in [4.78, 5) is 41.8. The molecule has 1 aliphatic rings. The first-order valence-electron chi connectivity index (χ1n) is 12.0. The number of aromatic nitrogens is 1. The number of carbonyl (C=O) groups is 2. The number of amides is 1. The van der Waals surface area contributed by atoms with Crippen LogP contribution in [0, 0.1) is 5.82 Å². The van der Waals surface area contributed by atoms with E-state index < -0.39 is 17.2 Å². The molecule has 1 amide bonds. The first-order chi connectivity index (χ1) is 17.4. The SMILES string of the molecule is O=C(O)c1c[nH]c2ccc(CCC3CCCN3C(=O)c3ccc(-c4ccccc4)c(F)c3)cc2c1=O. The van der Waals surface area contributed by atoms with Gasteiger partial charge in [0.25, 0.3) is 5.91 Å². The number of benzene rings is 3. The van der Waals surface area contributed by atoms with Crippen molar-refractivity contribution in [3.63, 3.8) is 0 Å². The number of likely N-dealkylation sites (tertiary alicyclic amines) is 1. The molecule has 1 saturated heterocycles.